The molecule has 1 aliphatic heterocycles. The lowest BCUT2D eigenvalue weighted by Crippen LogP contribution is -2.54. The second-order valence-corrected chi connectivity index (χ2v) is 7.09. The maximum atomic E-state index is 6.39. The van der Waals surface area contributed by atoms with Crippen LogP contribution >= 0.6 is 0 Å². The molecule has 0 amide bonds. The topological polar surface area (TPSA) is 9.23 Å². The molecule has 0 spiro atoms. The Bertz CT molecular complexity index is 653. The van der Waals surface area contributed by atoms with Gasteiger partial charge in [0.25, 0.3) is 0 Å². The Hall–Kier alpha value is -1.90. The third-order valence-corrected chi connectivity index (χ3v) is 5.55. The van der Waals surface area contributed by atoms with E-state index in [0.29, 0.717) is 18.7 Å². The summed E-state index contributed by atoms with van der Waals surface area (Å²) in [6, 6.07) is 22.1. The van der Waals surface area contributed by atoms with E-state index in [1.165, 1.54) is 11.1 Å². The minimum Gasteiger partial charge on any atom is -0.363 e. The predicted octanol–water partition coefficient (Wildman–Crippen LogP) is 4.74. The van der Waals surface area contributed by atoms with Crippen molar-refractivity contribution in [1.29, 1.82) is 0 Å². The van der Waals surface area contributed by atoms with E-state index in [1.807, 2.05) is 6.07 Å². The highest BCUT2D eigenvalue weighted by molar-refractivity contribution is 5.19. The average Bonchev–Trinajstić information content (AvgIpc) is 2.88. The van der Waals surface area contributed by atoms with E-state index in [4.69, 9.17) is 4.74 Å². The standard InChI is InChI=1S/C22H28NO/c1-18-14-15-19(2)23(18,3)16-22(21-12-8-5-9-13-21)24-17-20-10-6-4-7-11-20/h4-15,18-19,22H,16-17H2,1-3H3/q+1/t18-,19-,22+/m1/s1. The van der Waals surface area contributed by atoms with Crippen molar-refractivity contribution in [2.45, 2.75) is 38.6 Å². The molecule has 0 bridgehead atoms. The van der Waals surface area contributed by atoms with E-state index >= 15 is 0 Å². The van der Waals surface area contributed by atoms with E-state index < -0.39 is 0 Å². The normalized spacial score (nSPS) is 23.3. The van der Waals surface area contributed by atoms with Crippen molar-refractivity contribution in [3.63, 3.8) is 0 Å². The maximum absolute atomic E-state index is 6.39. The Morgan fingerprint density at radius 3 is 2.00 bits per heavy atom. The molecular formula is C22H28NO+. The van der Waals surface area contributed by atoms with Crippen LogP contribution in [-0.2, 0) is 11.3 Å². The third kappa shape index (κ3) is 3.61. The van der Waals surface area contributed by atoms with Gasteiger partial charge in [0.05, 0.1) is 13.7 Å². The van der Waals surface area contributed by atoms with Gasteiger partial charge in [-0.2, -0.15) is 0 Å². The van der Waals surface area contributed by atoms with Crippen molar-refractivity contribution in [3.8, 4) is 0 Å². The van der Waals surface area contributed by atoms with Gasteiger partial charge in [-0.3, -0.25) is 0 Å². The first-order valence-corrected chi connectivity index (χ1v) is 8.83. The number of hydrogen-bond acceptors (Lipinski definition) is 1. The summed E-state index contributed by atoms with van der Waals surface area (Å²) < 4.78 is 7.39. The average molecular weight is 322 g/mol. The summed E-state index contributed by atoms with van der Waals surface area (Å²) in [5.74, 6) is 0. The number of hydrogen-bond donors (Lipinski definition) is 0. The van der Waals surface area contributed by atoms with E-state index in [1.54, 1.807) is 0 Å². The van der Waals surface area contributed by atoms with Crippen LogP contribution < -0.4 is 0 Å². The highest BCUT2D eigenvalue weighted by Crippen LogP contribution is 2.31. The van der Waals surface area contributed by atoms with Crippen molar-refractivity contribution in [2.24, 2.45) is 0 Å². The predicted molar refractivity (Wildman–Crippen MR) is 99.5 cm³/mol. The first-order valence-electron chi connectivity index (χ1n) is 8.83. The Kier molecular flexibility index (Phi) is 5.17. The summed E-state index contributed by atoms with van der Waals surface area (Å²) in [6.45, 7) is 6.24. The third-order valence-electron chi connectivity index (χ3n) is 5.55. The highest BCUT2D eigenvalue weighted by atomic mass is 16.5. The fraction of sp³-hybridized carbons (Fsp3) is 0.364. The van der Waals surface area contributed by atoms with Crippen LogP contribution in [0.3, 0.4) is 0 Å². The van der Waals surface area contributed by atoms with E-state index in [9.17, 15) is 0 Å². The zero-order valence-corrected chi connectivity index (χ0v) is 14.9. The Morgan fingerprint density at radius 1 is 0.875 bits per heavy atom. The highest BCUT2D eigenvalue weighted by Gasteiger charge is 2.39. The van der Waals surface area contributed by atoms with Gasteiger partial charge in [-0.15, -0.1) is 0 Å². The molecule has 0 saturated carbocycles. The SMILES string of the molecule is C[C@@H]1C=C[C@@H](C)[N+]1(C)C[C@H](OCc1ccccc1)c1ccccc1. The van der Waals surface area contributed by atoms with Gasteiger partial charge in [0, 0.05) is 0 Å². The minimum absolute atomic E-state index is 0.0983. The van der Waals surface area contributed by atoms with Crippen LogP contribution in [-0.4, -0.2) is 30.2 Å². The molecule has 2 aromatic carbocycles. The molecule has 24 heavy (non-hydrogen) atoms. The van der Waals surface area contributed by atoms with Crippen molar-refractivity contribution in [3.05, 3.63) is 83.9 Å². The second kappa shape index (κ2) is 7.33. The lowest BCUT2D eigenvalue weighted by atomic mass is 10.1. The molecule has 2 nitrogen and oxygen atoms in total. The molecule has 0 saturated heterocycles. The molecule has 3 rings (SSSR count). The molecule has 0 aliphatic carbocycles. The molecule has 0 N–H and O–H groups in total. The van der Waals surface area contributed by atoms with Gasteiger partial charge in [0.15, 0.2) is 0 Å². The van der Waals surface area contributed by atoms with Crippen LogP contribution in [0.4, 0.5) is 0 Å². The summed E-state index contributed by atoms with van der Waals surface area (Å²) in [5.41, 5.74) is 2.49. The summed E-state index contributed by atoms with van der Waals surface area (Å²) in [4.78, 5) is 0. The molecule has 0 unspecified atom stereocenters. The number of rotatable bonds is 6. The van der Waals surface area contributed by atoms with Crippen LogP contribution in [0.15, 0.2) is 72.8 Å². The van der Waals surface area contributed by atoms with Gasteiger partial charge in [0.1, 0.15) is 24.7 Å². The van der Waals surface area contributed by atoms with Crippen LogP contribution in [0, 0.1) is 0 Å². The summed E-state index contributed by atoms with van der Waals surface area (Å²) >= 11 is 0. The fourth-order valence-electron chi connectivity index (χ4n) is 3.47. The van der Waals surface area contributed by atoms with Crippen LogP contribution in [0.5, 0.6) is 0 Å². The van der Waals surface area contributed by atoms with E-state index in [0.717, 1.165) is 11.0 Å². The molecule has 3 atom stereocenters. The quantitative estimate of drug-likeness (QED) is 0.551. The van der Waals surface area contributed by atoms with Gasteiger partial charge in [-0.25, -0.2) is 0 Å². The molecule has 1 aliphatic rings. The van der Waals surface area contributed by atoms with Crippen molar-refractivity contribution in [1.82, 2.24) is 0 Å². The largest absolute Gasteiger partial charge is 0.363 e. The first-order chi connectivity index (χ1) is 11.6. The smallest absolute Gasteiger partial charge is 0.132 e. The van der Waals surface area contributed by atoms with Gasteiger partial charge < -0.3 is 9.22 Å². The van der Waals surface area contributed by atoms with E-state index in [-0.39, 0.29) is 6.10 Å². The van der Waals surface area contributed by atoms with Crippen LogP contribution in [0.2, 0.25) is 0 Å². The van der Waals surface area contributed by atoms with Crippen LogP contribution in [0.1, 0.15) is 31.1 Å². The van der Waals surface area contributed by atoms with Crippen molar-refractivity contribution < 1.29 is 9.22 Å². The molecule has 126 valence electrons. The number of nitrogens with zero attached hydrogens (tertiary/aromatic N) is 1. The summed E-state index contributed by atoms with van der Waals surface area (Å²) in [5, 5.41) is 0. The molecule has 2 heteroatoms. The number of benzene rings is 2. The summed E-state index contributed by atoms with van der Waals surface area (Å²) in [6.07, 6.45) is 4.77. The lowest BCUT2D eigenvalue weighted by molar-refractivity contribution is -0.938. The fourth-order valence-corrected chi connectivity index (χ4v) is 3.47. The Morgan fingerprint density at radius 2 is 1.42 bits per heavy atom. The van der Waals surface area contributed by atoms with Gasteiger partial charge in [0.2, 0.25) is 0 Å². The molecule has 0 fully saturated rings. The van der Waals surface area contributed by atoms with E-state index in [2.05, 4.69) is 87.6 Å². The summed E-state index contributed by atoms with van der Waals surface area (Å²) in [7, 11) is 2.34. The molecule has 0 radical (unpaired) electrons. The minimum atomic E-state index is 0.0983. The molecule has 0 aromatic heterocycles. The van der Waals surface area contributed by atoms with Crippen LogP contribution in [0.25, 0.3) is 0 Å². The van der Waals surface area contributed by atoms with Crippen molar-refractivity contribution in [2.75, 3.05) is 13.6 Å². The molecular weight excluding hydrogens is 294 g/mol. The van der Waals surface area contributed by atoms with Gasteiger partial charge in [-0.1, -0.05) is 60.7 Å². The lowest BCUT2D eigenvalue weighted by Gasteiger charge is -2.41. The number of quaternary nitrogens is 1. The van der Waals surface area contributed by atoms with Gasteiger partial charge in [-0.05, 0) is 37.1 Å². The zero-order valence-electron chi connectivity index (χ0n) is 14.9. The molecule has 1 heterocycles. The Balaban J connectivity index is 1.78. The monoisotopic (exact) mass is 322 g/mol. The maximum Gasteiger partial charge on any atom is 0.132 e. The van der Waals surface area contributed by atoms with Crippen molar-refractivity contribution >= 4 is 0 Å². The molecule has 2 aromatic rings. The first kappa shape index (κ1) is 16.9. The van der Waals surface area contributed by atoms with Gasteiger partial charge >= 0.3 is 0 Å². The number of likely N-dealkylation sites (N-methyl/N-ethyl adjacent to an activating group) is 1. The number of ether oxygens (including phenoxy) is 1. The second-order valence-electron chi connectivity index (χ2n) is 7.09. The zero-order chi connectivity index (χ0) is 17.0. The Labute approximate surface area is 146 Å².